The summed E-state index contributed by atoms with van der Waals surface area (Å²) in [6.07, 6.45) is 0. The number of hydrogen-bond donors (Lipinski definition) is 0. The van der Waals surface area contributed by atoms with E-state index in [0.29, 0.717) is 11.2 Å². The lowest BCUT2D eigenvalue weighted by atomic mass is 10.0. The van der Waals surface area contributed by atoms with Crippen molar-refractivity contribution in [2.24, 2.45) is 0 Å². The molecule has 1 heterocycles. The Morgan fingerprint density at radius 2 is 1.57 bits per heavy atom. The minimum Gasteiger partial charge on any atom is -0.297 e. The van der Waals surface area contributed by atoms with Gasteiger partial charge in [-0.2, -0.15) is 0 Å². The molecule has 1 unspecified atom stereocenters. The first-order valence-corrected chi connectivity index (χ1v) is 7.32. The molecular weight excluding hydrogens is 282 g/mol. The van der Waals surface area contributed by atoms with Crippen LogP contribution in [0, 0.1) is 0 Å². The predicted molar refractivity (Wildman–Crippen MR) is 85.3 cm³/mol. The molecule has 0 aliphatic carbocycles. The second kappa shape index (κ2) is 6.10. The molecule has 0 aliphatic rings. The summed E-state index contributed by atoms with van der Waals surface area (Å²) in [7, 11) is 0. The molecule has 0 N–H and O–H groups in total. The van der Waals surface area contributed by atoms with Crippen LogP contribution in [0.25, 0.3) is 11.4 Å². The van der Waals surface area contributed by atoms with Crippen LogP contribution in [0.1, 0.15) is 18.4 Å². The number of halogens is 1. The molecule has 106 valence electrons. The zero-order valence-electron chi connectivity index (χ0n) is 11.8. The summed E-state index contributed by atoms with van der Waals surface area (Å²) in [6, 6.07) is 20.4. The maximum atomic E-state index is 6.22. The summed E-state index contributed by atoms with van der Waals surface area (Å²) in [5, 5.41) is 8.66. The maximum Gasteiger partial charge on any atom is 0.225 e. The predicted octanol–water partition coefficient (Wildman–Crippen LogP) is 4.40. The van der Waals surface area contributed by atoms with E-state index in [-0.39, 0.29) is 0 Å². The SMILES string of the molecule is CC(Cn1c(Cl)nnc1-c1ccccc1)c1ccccc1. The Morgan fingerprint density at radius 1 is 0.952 bits per heavy atom. The lowest BCUT2D eigenvalue weighted by molar-refractivity contribution is 0.601. The van der Waals surface area contributed by atoms with Crippen molar-refractivity contribution in [2.45, 2.75) is 19.4 Å². The summed E-state index contributed by atoms with van der Waals surface area (Å²) in [5.74, 6) is 1.14. The molecule has 3 aromatic rings. The summed E-state index contributed by atoms with van der Waals surface area (Å²) in [6.45, 7) is 2.93. The summed E-state index contributed by atoms with van der Waals surface area (Å²) < 4.78 is 1.97. The van der Waals surface area contributed by atoms with Crippen molar-refractivity contribution in [3.8, 4) is 11.4 Å². The quantitative estimate of drug-likeness (QED) is 0.714. The van der Waals surface area contributed by atoms with Gasteiger partial charge in [0.1, 0.15) is 0 Å². The molecule has 0 amide bonds. The van der Waals surface area contributed by atoms with Crippen molar-refractivity contribution in [2.75, 3.05) is 0 Å². The van der Waals surface area contributed by atoms with Crippen LogP contribution in [-0.2, 0) is 6.54 Å². The van der Waals surface area contributed by atoms with Gasteiger partial charge in [-0.1, -0.05) is 67.6 Å². The normalized spacial score (nSPS) is 12.3. The van der Waals surface area contributed by atoms with Gasteiger partial charge in [0.2, 0.25) is 5.28 Å². The Kier molecular flexibility index (Phi) is 4.02. The highest BCUT2D eigenvalue weighted by molar-refractivity contribution is 6.28. The zero-order chi connectivity index (χ0) is 14.7. The van der Waals surface area contributed by atoms with E-state index in [2.05, 4.69) is 41.4 Å². The first-order valence-electron chi connectivity index (χ1n) is 6.95. The Morgan fingerprint density at radius 3 is 2.24 bits per heavy atom. The van der Waals surface area contributed by atoms with Crippen molar-refractivity contribution in [3.05, 3.63) is 71.5 Å². The van der Waals surface area contributed by atoms with Gasteiger partial charge in [0, 0.05) is 12.1 Å². The molecule has 1 atom stereocenters. The molecule has 0 bridgehead atoms. The molecule has 0 saturated heterocycles. The lowest BCUT2D eigenvalue weighted by Gasteiger charge is -2.15. The molecule has 0 radical (unpaired) electrons. The monoisotopic (exact) mass is 297 g/mol. The third-order valence-corrected chi connectivity index (χ3v) is 3.84. The van der Waals surface area contributed by atoms with Gasteiger partial charge in [-0.05, 0) is 23.1 Å². The highest BCUT2D eigenvalue weighted by Gasteiger charge is 2.15. The Hall–Kier alpha value is -2.13. The first-order chi connectivity index (χ1) is 10.3. The first kappa shape index (κ1) is 13.8. The van der Waals surface area contributed by atoms with Gasteiger partial charge in [0.05, 0.1) is 0 Å². The van der Waals surface area contributed by atoms with Gasteiger partial charge < -0.3 is 0 Å². The van der Waals surface area contributed by atoms with Crippen molar-refractivity contribution in [1.29, 1.82) is 0 Å². The maximum absolute atomic E-state index is 6.22. The van der Waals surface area contributed by atoms with E-state index < -0.39 is 0 Å². The van der Waals surface area contributed by atoms with Crippen molar-refractivity contribution < 1.29 is 0 Å². The molecule has 3 rings (SSSR count). The van der Waals surface area contributed by atoms with Gasteiger partial charge in [-0.3, -0.25) is 4.57 Å². The molecule has 3 nitrogen and oxygen atoms in total. The Balaban J connectivity index is 1.91. The largest absolute Gasteiger partial charge is 0.297 e. The fourth-order valence-electron chi connectivity index (χ4n) is 2.41. The fraction of sp³-hybridized carbons (Fsp3) is 0.176. The smallest absolute Gasteiger partial charge is 0.225 e. The van der Waals surface area contributed by atoms with E-state index in [1.54, 1.807) is 0 Å². The van der Waals surface area contributed by atoms with E-state index >= 15 is 0 Å². The van der Waals surface area contributed by atoms with Gasteiger partial charge in [0.25, 0.3) is 0 Å². The topological polar surface area (TPSA) is 30.7 Å². The van der Waals surface area contributed by atoms with Crippen LogP contribution < -0.4 is 0 Å². The highest BCUT2D eigenvalue weighted by Crippen LogP contribution is 2.25. The third-order valence-electron chi connectivity index (χ3n) is 3.56. The Labute approximate surface area is 129 Å². The van der Waals surface area contributed by atoms with E-state index in [1.165, 1.54) is 5.56 Å². The van der Waals surface area contributed by atoms with E-state index in [9.17, 15) is 0 Å². The molecule has 4 heteroatoms. The number of benzene rings is 2. The standard InChI is InChI=1S/C17H16ClN3/c1-13(14-8-4-2-5-9-14)12-21-16(19-20-17(21)18)15-10-6-3-7-11-15/h2-11,13H,12H2,1H3. The van der Waals surface area contributed by atoms with Crippen LogP contribution in [0.4, 0.5) is 0 Å². The molecule has 1 aromatic heterocycles. The van der Waals surface area contributed by atoms with Gasteiger partial charge in [-0.25, -0.2) is 0 Å². The van der Waals surface area contributed by atoms with Crippen molar-refractivity contribution in [1.82, 2.24) is 14.8 Å². The molecule has 0 saturated carbocycles. The molecule has 0 fully saturated rings. The van der Waals surface area contributed by atoms with Crippen LogP contribution >= 0.6 is 11.6 Å². The molecule has 21 heavy (non-hydrogen) atoms. The average Bonchev–Trinajstić information content (AvgIpc) is 2.90. The van der Waals surface area contributed by atoms with Crippen molar-refractivity contribution in [3.63, 3.8) is 0 Å². The van der Waals surface area contributed by atoms with Crippen LogP contribution in [0.2, 0.25) is 5.28 Å². The third kappa shape index (κ3) is 2.98. The molecule has 0 spiro atoms. The number of nitrogens with zero attached hydrogens (tertiary/aromatic N) is 3. The number of aromatic nitrogens is 3. The van der Waals surface area contributed by atoms with Gasteiger partial charge in [-0.15, -0.1) is 10.2 Å². The highest BCUT2D eigenvalue weighted by atomic mass is 35.5. The van der Waals surface area contributed by atoms with Crippen LogP contribution in [0.3, 0.4) is 0 Å². The van der Waals surface area contributed by atoms with Crippen LogP contribution in [0.5, 0.6) is 0 Å². The number of rotatable bonds is 4. The van der Waals surface area contributed by atoms with E-state index in [4.69, 9.17) is 11.6 Å². The Bertz CT molecular complexity index is 707. The average molecular weight is 298 g/mol. The van der Waals surface area contributed by atoms with E-state index in [1.807, 2.05) is 41.0 Å². The summed E-state index contributed by atoms with van der Waals surface area (Å²) in [5.41, 5.74) is 2.30. The van der Waals surface area contributed by atoms with E-state index in [0.717, 1.165) is 17.9 Å². The molecule has 0 aliphatic heterocycles. The second-order valence-corrected chi connectivity index (χ2v) is 5.42. The minimum atomic E-state index is 0.335. The van der Waals surface area contributed by atoms with Crippen LogP contribution in [-0.4, -0.2) is 14.8 Å². The van der Waals surface area contributed by atoms with Gasteiger partial charge >= 0.3 is 0 Å². The van der Waals surface area contributed by atoms with Crippen LogP contribution in [0.15, 0.2) is 60.7 Å². The minimum absolute atomic E-state index is 0.335. The lowest BCUT2D eigenvalue weighted by Crippen LogP contribution is -2.08. The zero-order valence-corrected chi connectivity index (χ0v) is 12.5. The summed E-state index contributed by atoms with van der Waals surface area (Å²) in [4.78, 5) is 0. The molecular formula is C17H16ClN3. The summed E-state index contributed by atoms with van der Waals surface area (Å²) >= 11 is 6.22. The number of hydrogen-bond acceptors (Lipinski definition) is 2. The van der Waals surface area contributed by atoms with Gasteiger partial charge in [0.15, 0.2) is 5.82 Å². The van der Waals surface area contributed by atoms with Crippen molar-refractivity contribution >= 4 is 11.6 Å². The molecule has 2 aromatic carbocycles. The second-order valence-electron chi connectivity index (χ2n) is 5.08. The fourth-order valence-corrected chi connectivity index (χ4v) is 2.59.